The van der Waals surface area contributed by atoms with E-state index < -0.39 is 11.5 Å². The molecule has 41 heavy (non-hydrogen) atoms. The Hall–Kier alpha value is -4.71. The molecule has 6 nitrogen and oxygen atoms in total. The van der Waals surface area contributed by atoms with Crippen molar-refractivity contribution in [2.75, 3.05) is 13.7 Å². The molecule has 0 fully saturated rings. The van der Waals surface area contributed by atoms with E-state index in [1.54, 1.807) is 0 Å². The van der Waals surface area contributed by atoms with E-state index in [2.05, 4.69) is 54.1 Å². The van der Waals surface area contributed by atoms with Crippen molar-refractivity contribution in [3.63, 3.8) is 0 Å². The SMILES string of the molecule is COC(=O)COc1ccc(C(C)(c2ccc(OCc3ccccc3)c(OC(C)C)c2)n2ccc3ccccc32)cc1. The summed E-state index contributed by atoms with van der Waals surface area (Å²) in [5.41, 5.74) is 3.65. The van der Waals surface area contributed by atoms with Gasteiger partial charge >= 0.3 is 5.97 Å². The Balaban J connectivity index is 1.58. The molecule has 0 amide bonds. The number of para-hydroxylation sites is 1. The average molecular weight is 550 g/mol. The van der Waals surface area contributed by atoms with Gasteiger partial charge < -0.3 is 23.5 Å². The predicted molar refractivity (Wildman–Crippen MR) is 161 cm³/mol. The van der Waals surface area contributed by atoms with Gasteiger partial charge in [0.05, 0.1) is 18.8 Å². The zero-order valence-corrected chi connectivity index (χ0v) is 23.9. The van der Waals surface area contributed by atoms with Crippen LogP contribution in [0.15, 0.2) is 109 Å². The molecule has 1 aromatic heterocycles. The Bertz CT molecular complexity index is 1610. The van der Waals surface area contributed by atoms with Gasteiger partial charge in [-0.25, -0.2) is 4.79 Å². The van der Waals surface area contributed by atoms with Gasteiger partial charge in [-0.1, -0.05) is 66.7 Å². The van der Waals surface area contributed by atoms with Gasteiger partial charge in [0.1, 0.15) is 12.4 Å². The lowest BCUT2D eigenvalue weighted by Crippen LogP contribution is -2.32. The maximum atomic E-state index is 11.6. The Morgan fingerprint density at radius 2 is 1.51 bits per heavy atom. The van der Waals surface area contributed by atoms with Gasteiger partial charge in [0.2, 0.25) is 0 Å². The van der Waals surface area contributed by atoms with Gasteiger partial charge in [0.15, 0.2) is 18.1 Å². The van der Waals surface area contributed by atoms with Gasteiger partial charge in [-0.3, -0.25) is 0 Å². The van der Waals surface area contributed by atoms with Gasteiger partial charge in [-0.2, -0.15) is 0 Å². The molecule has 0 aliphatic carbocycles. The van der Waals surface area contributed by atoms with Crippen LogP contribution in [-0.4, -0.2) is 30.4 Å². The number of carbonyl (C=O) groups excluding carboxylic acids is 1. The summed E-state index contributed by atoms with van der Waals surface area (Å²) < 4.78 is 25.1. The molecular weight excluding hydrogens is 514 g/mol. The molecule has 1 atom stereocenters. The van der Waals surface area contributed by atoms with E-state index in [1.807, 2.05) is 80.6 Å². The second kappa shape index (κ2) is 12.2. The first-order valence-electron chi connectivity index (χ1n) is 13.7. The minimum atomic E-state index is -0.614. The summed E-state index contributed by atoms with van der Waals surface area (Å²) in [5, 5.41) is 1.15. The monoisotopic (exact) mass is 549 g/mol. The van der Waals surface area contributed by atoms with E-state index in [4.69, 9.17) is 18.9 Å². The number of esters is 1. The Morgan fingerprint density at radius 3 is 2.24 bits per heavy atom. The molecule has 6 heteroatoms. The van der Waals surface area contributed by atoms with Crippen LogP contribution in [0.4, 0.5) is 0 Å². The Labute approximate surface area is 241 Å². The van der Waals surface area contributed by atoms with Crippen molar-refractivity contribution < 1.29 is 23.7 Å². The number of rotatable bonds is 11. The van der Waals surface area contributed by atoms with Crippen molar-refractivity contribution >= 4 is 16.9 Å². The number of fused-ring (bicyclic) bond motifs is 1. The summed E-state index contributed by atoms with van der Waals surface area (Å²) in [6.45, 7) is 6.53. The van der Waals surface area contributed by atoms with Crippen LogP contribution < -0.4 is 14.2 Å². The van der Waals surface area contributed by atoms with Gasteiger partial charge in [-0.05, 0) is 79.2 Å². The number of methoxy groups -OCH3 is 1. The first-order valence-corrected chi connectivity index (χ1v) is 13.7. The molecule has 210 valence electrons. The number of aromatic nitrogens is 1. The lowest BCUT2D eigenvalue weighted by atomic mass is 9.83. The highest BCUT2D eigenvalue weighted by molar-refractivity contribution is 5.81. The molecule has 0 saturated carbocycles. The summed E-state index contributed by atoms with van der Waals surface area (Å²) in [7, 11) is 1.34. The molecule has 0 N–H and O–H groups in total. The van der Waals surface area contributed by atoms with Crippen molar-refractivity contribution in [1.29, 1.82) is 0 Å². The zero-order chi connectivity index (χ0) is 28.8. The fourth-order valence-corrected chi connectivity index (χ4v) is 5.01. The quantitative estimate of drug-likeness (QED) is 0.161. The molecule has 0 aliphatic rings. The van der Waals surface area contributed by atoms with Gasteiger partial charge in [-0.15, -0.1) is 0 Å². The molecule has 0 saturated heterocycles. The summed E-state index contributed by atoms with van der Waals surface area (Å²) >= 11 is 0. The van der Waals surface area contributed by atoms with Crippen LogP contribution in [0.3, 0.4) is 0 Å². The molecule has 5 rings (SSSR count). The Morgan fingerprint density at radius 1 is 0.805 bits per heavy atom. The maximum absolute atomic E-state index is 11.6. The molecule has 5 aromatic rings. The highest BCUT2D eigenvalue weighted by atomic mass is 16.6. The van der Waals surface area contributed by atoms with Crippen LogP contribution in [0, 0.1) is 0 Å². The maximum Gasteiger partial charge on any atom is 0.343 e. The topological polar surface area (TPSA) is 58.9 Å². The van der Waals surface area contributed by atoms with Crippen LogP contribution >= 0.6 is 0 Å². The fraction of sp³-hybridized carbons (Fsp3) is 0.229. The van der Waals surface area contributed by atoms with Crippen molar-refractivity contribution in [3.05, 3.63) is 126 Å². The fourth-order valence-electron chi connectivity index (χ4n) is 5.01. The van der Waals surface area contributed by atoms with Crippen molar-refractivity contribution in [2.24, 2.45) is 0 Å². The second-order valence-corrected chi connectivity index (χ2v) is 10.3. The summed E-state index contributed by atoms with van der Waals surface area (Å²) in [6, 6.07) is 34.6. The highest BCUT2D eigenvalue weighted by Gasteiger charge is 2.33. The highest BCUT2D eigenvalue weighted by Crippen LogP contribution is 2.41. The second-order valence-electron chi connectivity index (χ2n) is 10.3. The standard InChI is InChI=1S/C35H35NO5/c1-25(2)41-33-22-29(16-19-32(33)40-23-26-10-6-5-7-11-26)35(3,36-21-20-27-12-8-9-13-31(27)36)28-14-17-30(18-15-28)39-24-34(37)38-4/h5-22,25H,23-24H2,1-4H3. The van der Waals surface area contributed by atoms with Crippen molar-refractivity contribution in [1.82, 2.24) is 4.57 Å². The summed E-state index contributed by atoms with van der Waals surface area (Å²) in [6.07, 6.45) is 2.09. The largest absolute Gasteiger partial charge is 0.487 e. The van der Waals surface area contributed by atoms with Crippen LogP contribution in [-0.2, 0) is 21.7 Å². The zero-order valence-electron chi connectivity index (χ0n) is 23.9. The van der Waals surface area contributed by atoms with Crippen molar-refractivity contribution in [2.45, 2.75) is 39.0 Å². The van der Waals surface area contributed by atoms with E-state index >= 15 is 0 Å². The summed E-state index contributed by atoms with van der Waals surface area (Å²) in [5.74, 6) is 1.55. The molecule has 0 spiro atoms. The number of nitrogens with zero attached hydrogens (tertiary/aromatic N) is 1. The van der Waals surface area contributed by atoms with E-state index in [0.717, 1.165) is 27.6 Å². The average Bonchev–Trinajstić information content (AvgIpc) is 3.44. The number of carbonyl (C=O) groups is 1. The molecule has 4 aromatic carbocycles. The van der Waals surface area contributed by atoms with E-state index in [9.17, 15) is 4.79 Å². The molecule has 0 aliphatic heterocycles. The number of hydrogen-bond donors (Lipinski definition) is 0. The molecule has 0 bridgehead atoms. The smallest absolute Gasteiger partial charge is 0.343 e. The van der Waals surface area contributed by atoms with Gasteiger partial charge in [0.25, 0.3) is 0 Å². The third-order valence-corrected chi connectivity index (χ3v) is 7.19. The molecular formula is C35H35NO5. The third kappa shape index (κ3) is 6.07. The third-order valence-electron chi connectivity index (χ3n) is 7.19. The number of hydrogen-bond acceptors (Lipinski definition) is 5. The lowest BCUT2D eigenvalue weighted by Gasteiger charge is -2.35. The Kier molecular flexibility index (Phi) is 8.29. The first-order chi connectivity index (χ1) is 19.9. The minimum absolute atomic E-state index is 0.0331. The lowest BCUT2D eigenvalue weighted by molar-refractivity contribution is -0.142. The van der Waals surface area contributed by atoms with E-state index in [1.165, 1.54) is 7.11 Å². The molecule has 1 unspecified atom stereocenters. The van der Waals surface area contributed by atoms with Crippen LogP contribution in [0.2, 0.25) is 0 Å². The summed E-state index contributed by atoms with van der Waals surface area (Å²) in [4.78, 5) is 11.6. The van der Waals surface area contributed by atoms with Crippen LogP contribution in [0.5, 0.6) is 17.2 Å². The van der Waals surface area contributed by atoms with Gasteiger partial charge in [0, 0.05) is 11.7 Å². The number of benzene rings is 4. The van der Waals surface area contributed by atoms with Crippen molar-refractivity contribution in [3.8, 4) is 17.2 Å². The van der Waals surface area contributed by atoms with E-state index in [0.29, 0.717) is 23.9 Å². The van der Waals surface area contributed by atoms with Crippen LogP contribution in [0.25, 0.3) is 10.9 Å². The number of ether oxygens (including phenoxy) is 4. The minimum Gasteiger partial charge on any atom is -0.487 e. The molecule has 1 heterocycles. The molecule has 0 radical (unpaired) electrons. The normalized spacial score (nSPS) is 12.6. The first kappa shape index (κ1) is 27.8. The predicted octanol–water partition coefficient (Wildman–Crippen LogP) is 7.37. The van der Waals surface area contributed by atoms with E-state index in [-0.39, 0.29) is 12.7 Å². The van der Waals surface area contributed by atoms with Crippen LogP contribution in [0.1, 0.15) is 37.5 Å².